The van der Waals surface area contributed by atoms with Gasteiger partial charge in [-0.05, 0) is 37.8 Å². The van der Waals surface area contributed by atoms with Gasteiger partial charge in [0.05, 0.1) is 5.56 Å². The average Bonchev–Trinajstić information content (AvgIpc) is 3.11. The lowest BCUT2D eigenvalue weighted by Crippen LogP contribution is -2.27. The van der Waals surface area contributed by atoms with E-state index >= 15 is 0 Å². The number of nitrogens with zero attached hydrogens (tertiary/aromatic N) is 5. The van der Waals surface area contributed by atoms with E-state index in [1.165, 1.54) is 0 Å². The van der Waals surface area contributed by atoms with Gasteiger partial charge in [0.15, 0.2) is 0 Å². The first kappa shape index (κ1) is 14.6. The molecule has 1 N–H and O–H groups in total. The van der Waals surface area contributed by atoms with E-state index < -0.39 is 0 Å². The highest BCUT2D eigenvalue weighted by atomic mass is 16.5. The van der Waals surface area contributed by atoms with E-state index in [9.17, 15) is 4.79 Å². The largest absolute Gasteiger partial charge is 0.346 e. The Labute approximate surface area is 138 Å². The Morgan fingerprint density at radius 1 is 1.38 bits per heavy atom. The molecule has 2 aromatic rings. The lowest BCUT2D eigenvalue weighted by Gasteiger charge is -2.22. The van der Waals surface area contributed by atoms with Crippen molar-refractivity contribution in [2.75, 3.05) is 11.4 Å². The Morgan fingerprint density at radius 2 is 2.25 bits per heavy atom. The Balaban J connectivity index is 1.52. The molecular formula is C16H16N6O2. The number of aromatic nitrogens is 3. The monoisotopic (exact) mass is 324 g/mol. The second kappa shape index (κ2) is 5.92. The number of carbonyl (C=O) groups is 1. The zero-order chi connectivity index (χ0) is 16.5. The van der Waals surface area contributed by atoms with Crippen LogP contribution in [0.4, 0.5) is 5.82 Å². The van der Waals surface area contributed by atoms with Crippen LogP contribution in [0.5, 0.6) is 0 Å². The van der Waals surface area contributed by atoms with E-state index in [-0.39, 0.29) is 23.8 Å². The number of nitrogens with one attached hydrogen (secondary N) is 1. The Morgan fingerprint density at radius 3 is 2.96 bits per heavy atom. The molecule has 0 radical (unpaired) electrons. The van der Waals surface area contributed by atoms with E-state index in [0.29, 0.717) is 11.5 Å². The molecule has 8 nitrogen and oxygen atoms in total. The molecule has 2 fully saturated rings. The van der Waals surface area contributed by atoms with E-state index in [0.717, 1.165) is 38.0 Å². The normalized spacial score (nSPS) is 20.0. The summed E-state index contributed by atoms with van der Waals surface area (Å²) in [6, 6.07) is 5.77. The van der Waals surface area contributed by atoms with Crippen LogP contribution in [0.15, 0.2) is 22.9 Å². The molecule has 122 valence electrons. The summed E-state index contributed by atoms with van der Waals surface area (Å²) in [5, 5.41) is 15.5. The molecule has 1 aliphatic carbocycles. The molecule has 0 spiro atoms. The molecule has 1 atom stereocenters. The minimum Gasteiger partial charge on any atom is -0.346 e. The number of hydrogen-bond acceptors (Lipinski definition) is 7. The maximum absolute atomic E-state index is 12.0. The van der Waals surface area contributed by atoms with Gasteiger partial charge >= 0.3 is 0 Å². The number of hydrogen-bond donors (Lipinski definition) is 1. The zero-order valence-corrected chi connectivity index (χ0v) is 13.0. The standard InChI is InChI=1S/C16H16N6O2/c17-8-10-3-6-13(18-9-10)22-7-1-2-12(22)16-20-14(21-24-16)15(23)19-11-4-5-11/h3,6,9,11-12H,1-2,4-5,7H2,(H,19,23). The molecule has 3 heterocycles. The van der Waals surface area contributed by atoms with Gasteiger partial charge in [-0.25, -0.2) is 4.98 Å². The van der Waals surface area contributed by atoms with Crippen molar-refractivity contribution >= 4 is 11.7 Å². The fourth-order valence-corrected chi connectivity index (χ4v) is 2.86. The zero-order valence-electron chi connectivity index (χ0n) is 13.0. The molecule has 1 saturated heterocycles. The summed E-state index contributed by atoms with van der Waals surface area (Å²) in [6.45, 7) is 0.815. The van der Waals surface area contributed by atoms with Crippen LogP contribution in [-0.4, -0.2) is 33.6 Å². The number of anilines is 1. The fraction of sp³-hybridized carbons (Fsp3) is 0.438. The molecular weight excluding hydrogens is 308 g/mol. The molecule has 2 aromatic heterocycles. The van der Waals surface area contributed by atoms with Crippen LogP contribution in [0.3, 0.4) is 0 Å². The number of carbonyl (C=O) groups excluding carboxylic acids is 1. The van der Waals surface area contributed by atoms with Gasteiger partial charge in [-0.2, -0.15) is 10.2 Å². The highest BCUT2D eigenvalue weighted by Gasteiger charge is 2.33. The summed E-state index contributed by atoms with van der Waals surface area (Å²) in [5.74, 6) is 0.989. The quantitative estimate of drug-likeness (QED) is 0.909. The Kier molecular flexibility index (Phi) is 3.61. The lowest BCUT2D eigenvalue weighted by molar-refractivity contribution is 0.0937. The van der Waals surface area contributed by atoms with Crippen LogP contribution in [0.1, 0.15) is 53.8 Å². The summed E-state index contributed by atoms with van der Waals surface area (Å²) < 4.78 is 5.32. The van der Waals surface area contributed by atoms with E-state index in [4.69, 9.17) is 9.78 Å². The summed E-state index contributed by atoms with van der Waals surface area (Å²) >= 11 is 0. The van der Waals surface area contributed by atoms with Crippen molar-refractivity contribution in [1.29, 1.82) is 5.26 Å². The molecule has 1 aliphatic heterocycles. The van der Waals surface area contributed by atoms with Crippen molar-refractivity contribution in [2.24, 2.45) is 0 Å². The summed E-state index contributed by atoms with van der Waals surface area (Å²) in [4.78, 5) is 22.7. The van der Waals surface area contributed by atoms with Gasteiger partial charge in [0.25, 0.3) is 11.7 Å². The summed E-state index contributed by atoms with van der Waals surface area (Å²) in [6.07, 6.45) is 5.40. The molecule has 1 saturated carbocycles. The van der Waals surface area contributed by atoms with Gasteiger partial charge in [-0.15, -0.1) is 0 Å². The molecule has 4 rings (SSSR count). The smallest absolute Gasteiger partial charge is 0.292 e. The van der Waals surface area contributed by atoms with Crippen LogP contribution in [0.2, 0.25) is 0 Å². The Hall–Kier alpha value is -2.95. The first-order valence-electron chi connectivity index (χ1n) is 8.02. The minimum atomic E-state index is -0.284. The number of rotatable bonds is 4. The van der Waals surface area contributed by atoms with Crippen molar-refractivity contribution in [3.8, 4) is 6.07 Å². The third kappa shape index (κ3) is 2.80. The third-order valence-electron chi connectivity index (χ3n) is 4.27. The number of pyridine rings is 1. The maximum atomic E-state index is 12.0. The van der Waals surface area contributed by atoms with Gasteiger partial charge in [0, 0.05) is 18.8 Å². The summed E-state index contributed by atoms with van der Waals surface area (Å²) in [7, 11) is 0. The number of amides is 1. The minimum absolute atomic E-state index is 0.0801. The van der Waals surface area contributed by atoms with Crippen LogP contribution in [-0.2, 0) is 0 Å². The predicted molar refractivity (Wildman–Crippen MR) is 83.1 cm³/mol. The van der Waals surface area contributed by atoms with Crippen LogP contribution < -0.4 is 10.2 Å². The first-order valence-corrected chi connectivity index (χ1v) is 8.02. The van der Waals surface area contributed by atoms with Crippen molar-refractivity contribution in [3.05, 3.63) is 35.6 Å². The topological polar surface area (TPSA) is 108 Å². The second-order valence-corrected chi connectivity index (χ2v) is 6.07. The van der Waals surface area contributed by atoms with Gasteiger partial charge in [-0.3, -0.25) is 4.79 Å². The average molecular weight is 324 g/mol. The molecule has 1 unspecified atom stereocenters. The van der Waals surface area contributed by atoms with Gasteiger partial charge in [0.2, 0.25) is 5.89 Å². The number of nitriles is 1. The van der Waals surface area contributed by atoms with Crippen molar-refractivity contribution in [3.63, 3.8) is 0 Å². The summed E-state index contributed by atoms with van der Waals surface area (Å²) in [5.41, 5.74) is 0.520. The molecule has 8 heteroatoms. The second-order valence-electron chi connectivity index (χ2n) is 6.07. The van der Waals surface area contributed by atoms with Gasteiger partial charge in [-0.1, -0.05) is 5.16 Å². The van der Waals surface area contributed by atoms with Crippen LogP contribution >= 0.6 is 0 Å². The molecule has 0 aromatic carbocycles. The lowest BCUT2D eigenvalue weighted by atomic mass is 10.2. The van der Waals surface area contributed by atoms with E-state index in [2.05, 4.69) is 31.4 Å². The molecule has 2 aliphatic rings. The van der Waals surface area contributed by atoms with E-state index in [1.54, 1.807) is 12.3 Å². The van der Waals surface area contributed by atoms with E-state index in [1.807, 2.05) is 6.07 Å². The van der Waals surface area contributed by atoms with Crippen molar-refractivity contribution in [1.82, 2.24) is 20.4 Å². The highest BCUT2D eigenvalue weighted by molar-refractivity contribution is 5.90. The van der Waals surface area contributed by atoms with Crippen molar-refractivity contribution in [2.45, 2.75) is 37.8 Å². The first-order chi connectivity index (χ1) is 11.7. The van der Waals surface area contributed by atoms with Gasteiger partial charge in [0.1, 0.15) is 17.9 Å². The molecule has 24 heavy (non-hydrogen) atoms. The third-order valence-corrected chi connectivity index (χ3v) is 4.27. The fourth-order valence-electron chi connectivity index (χ4n) is 2.86. The predicted octanol–water partition coefficient (Wildman–Crippen LogP) is 1.57. The van der Waals surface area contributed by atoms with Crippen LogP contribution in [0.25, 0.3) is 0 Å². The van der Waals surface area contributed by atoms with Crippen molar-refractivity contribution < 1.29 is 9.32 Å². The van der Waals surface area contributed by atoms with Crippen LogP contribution in [0, 0.1) is 11.3 Å². The molecule has 1 amide bonds. The van der Waals surface area contributed by atoms with Gasteiger partial charge < -0.3 is 14.7 Å². The SMILES string of the molecule is N#Cc1ccc(N2CCCC2c2nc(C(=O)NC3CC3)no2)nc1. The highest BCUT2D eigenvalue weighted by Crippen LogP contribution is 2.34. The maximum Gasteiger partial charge on any atom is 0.292 e. The molecule has 0 bridgehead atoms. The Bertz CT molecular complexity index is 790.